The molecular formula is C15H22F3N5. The Hall–Kier alpha value is -1.83. The Labute approximate surface area is 134 Å². The SMILES string of the molecule is CN=C(NCc1ncccc1C)NC1CCN(CC(F)(F)F)C1. The third kappa shape index (κ3) is 5.70. The molecule has 0 amide bonds. The van der Waals surface area contributed by atoms with Crippen molar-refractivity contribution in [3.8, 4) is 0 Å². The summed E-state index contributed by atoms with van der Waals surface area (Å²) in [5.41, 5.74) is 1.99. The first-order chi connectivity index (χ1) is 10.9. The van der Waals surface area contributed by atoms with Crippen LogP contribution in [-0.2, 0) is 6.54 Å². The Morgan fingerprint density at radius 3 is 2.91 bits per heavy atom. The molecule has 0 bridgehead atoms. The maximum absolute atomic E-state index is 12.4. The molecular weight excluding hydrogens is 307 g/mol. The van der Waals surface area contributed by atoms with Gasteiger partial charge in [0.1, 0.15) is 0 Å². The van der Waals surface area contributed by atoms with Crippen molar-refractivity contribution >= 4 is 5.96 Å². The van der Waals surface area contributed by atoms with Gasteiger partial charge in [0.2, 0.25) is 0 Å². The Kier molecular flexibility index (Phi) is 5.81. The second-order valence-corrected chi connectivity index (χ2v) is 5.67. The topological polar surface area (TPSA) is 52.6 Å². The van der Waals surface area contributed by atoms with Crippen LogP contribution in [0.4, 0.5) is 13.2 Å². The molecule has 1 aliphatic heterocycles. The van der Waals surface area contributed by atoms with E-state index in [-0.39, 0.29) is 6.04 Å². The second-order valence-electron chi connectivity index (χ2n) is 5.67. The van der Waals surface area contributed by atoms with Gasteiger partial charge in [-0.15, -0.1) is 0 Å². The van der Waals surface area contributed by atoms with Crippen molar-refractivity contribution in [1.29, 1.82) is 0 Å². The van der Waals surface area contributed by atoms with Gasteiger partial charge in [-0.3, -0.25) is 14.9 Å². The molecule has 0 saturated carbocycles. The van der Waals surface area contributed by atoms with Crippen molar-refractivity contribution in [3.63, 3.8) is 0 Å². The largest absolute Gasteiger partial charge is 0.401 e. The van der Waals surface area contributed by atoms with E-state index in [0.29, 0.717) is 32.0 Å². The summed E-state index contributed by atoms with van der Waals surface area (Å²) in [6, 6.07) is 3.82. The van der Waals surface area contributed by atoms with Crippen molar-refractivity contribution in [2.75, 3.05) is 26.7 Å². The number of aliphatic imine (C=N–C) groups is 1. The van der Waals surface area contributed by atoms with Crippen molar-refractivity contribution in [3.05, 3.63) is 29.6 Å². The third-order valence-corrected chi connectivity index (χ3v) is 3.78. The molecule has 5 nitrogen and oxygen atoms in total. The molecule has 2 N–H and O–H groups in total. The first-order valence-electron chi connectivity index (χ1n) is 7.54. The van der Waals surface area contributed by atoms with Crippen LogP contribution in [0.5, 0.6) is 0 Å². The van der Waals surface area contributed by atoms with Crippen LogP contribution < -0.4 is 10.6 Å². The smallest absolute Gasteiger partial charge is 0.352 e. The minimum Gasteiger partial charge on any atom is -0.352 e. The lowest BCUT2D eigenvalue weighted by Gasteiger charge is -2.20. The highest BCUT2D eigenvalue weighted by Gasteiger charge is 2.34. The Bertz CT molecular complexity index is 544. The molecule has 128 valence electrons. The summed E-state index contributed by atoms with van der Waals surface area (Å²) in [6.45, 7) is 2.44. The summed E-state index contributed by atoms with van der Waals surface area (Å²) in [5, 5.41) is 6.33. The van der Waals surface area contributed by atoms with Gasteiger partial charge in [-0.25, -0.2) is 0 Å². The zero-order valence-corrected chi connectivity index (χ0v) is 13.3. The van der Waals surface area contributed by atoms with Crippen LogP contribution in [0.2, 0.25) is 0 Å². The third-order valence-electron chi connectivity index (χ3n) is 3.78. The molecule has 1 fully saturated rings. The van der Waals surface area contributed by atoms with Gasteiger partial charge in [0, 0.05) is 32.4 Å². The number of hydrogen-bond acceptors (Lipinski definition) is 3. The van der Waals surface area contributed by atoms with E-state index in [4.69, 9.17) is 0 Å². The summed E-state index contributed by atoms with van der Waals surface area (Å²) in [7, 11) is 1.64. The van der Waals surface area contributed by atoms with E-state index in [1.807, 2.05) is 19.1 Å². The monoisotopic (exact) mass is 329 g/mol. The van der Waals surface area contributed by atoms with E-state index in [0.717, 1.165) is 11.3 Å². The first kappa shape index (κ1) is 17.5. The first-order valence-corrected chi connectivity index (χ1v) is 7.54. The highest BCUT2D eigenvalue weighted by molar-refractivity contribution is 5.80. The van der Waals surface area contributed by atoms with Crippen molar-refractivity contribution in [2.45, 2.75) is 32.1 Å². The van der Waals surface area contributed by atoms with Crippen LogP contribution in [-0.4, -0.2) is 54.7 Å². The molecule has 2 heterocycles. The Morgan fingerprint density at radius 1 is 1.48 bits per heavy atom. The predicted octanol–water partition coefficient (Wildman–Crippen LogP) is 1.69. The van der Waals surface area contributed by atoms with E-state index in [9.17, 15) is 13.2 Å². The lowest BCUT2D eigenvalue weighted by Crippen LogP contribution is -2.45. The fraction of sp³-hybridized carbons (Fsp3) is 0.600. The molecule has 1 saturated heterocycles. The number of guanidine groups is 1. The second kappa shape index (κ2) is 7.63. The maximum atomic E-state index is 12.4. The molecule has 0 spiro atoms. The Morgan fingerprint density at radius 2 is 2.26 bits per heavy atom. The normalized spacial score (nSPS) is 19.9. The number of nitrogens with zero attached hydrogens (tertiary/aromatic N) is 3. The number of aromatic nitrogens is 1. The quantitative estimate of drug-likeness (QED) is 0.652. The van der Waals surface area contributed by atoms with Crippen molar-refractivity contribution < 1.29 is 13.2 Å². The molecule has 0 aliphatic carbocycles. The van der Waals surface area contributed by atoms with Crippen molar-refractivity contribution in [2.24, 2.45) is 4.99 Å². The summed E-state index contributed by atoms with van der Waals surface area (Å²) in [6.07, 6.45) is -1.75. The van der Waals surface area contributed by atoms with E-state index in [1.54, 1.807) is 13.2 Å². The number of aryl methyl sites for hydroxylation is 1. The summed E-state index contributed by atoms with van der Waals surface area (Å²) < 4.78 is 37.2. The standard InChI is InChI=1S/C15H22F3N5/c1-11-4-3-6-20-13(11)8-21-14(19-2)22-12-5-7-23(9-12)10-15(16,17)18/h3-4,6,12H,5,7-10H2,1-2H3,(H2,19,21,22). The van der Waals surface area contributed by atoms with Crippen LogP contribution in [0.25, 0.3) is 0 Å². The van der Waals surface area contributed by atoms with Crippen LogP contribution in [0.15, 0.2) is 23.3 Å². The zero-order chi connectivity index (χ0) is 16.9. The molecule has 1 aromatic heterocycles. The number of rotatable bonds is 4. The van der Waals surface area contributed by atoms with Crippen LogP contribution in [0, 0.1) is 6.92 Å². The fourth-order valence-electron chi connectivity index (χ4n) is 2.61. The van der Waals surface area contributed by atoms with Gasteiger partial charge in [0.05, 0.1) is 18.8 Å². The highest BCUT2D eigenvalue weighted by Crippen LogP contribution is 2.19. The fourth-order valence-corrected chi connectivity index (χ4v) is 2.61. The number of pyridine rings is 1. The van der Waals surface area contributed by atoms with Gasteiger partial charge in [-0.05, 0) is 25.0 Å². The number of halogens is 3. The lowest BCUT2D eigenvalue weighted by molar-refractivity contribution is -0.143. The van der Waals surface area contributed by atoms with E-state index in [1.165, 1.54) is 4.90 Å². The van der Waals surface area contributed by atoms with Crippen LogP contribution in [0.1, 0.15) is 17.7 Å². The molecule has 8 heteroatoms. The van der Waals surface area contributed by atoms with Gasteiger partial charge < -0.3 is 10.6 Å². The number of hydrogen-bond donors (Lipinski definition) is 2. The molecule has 0 radical (unpaired) electrons. The Balaban J connectivity index is 1.81. The van der Waals surface area contributed by atoms with E-state index >= 15 is 0 Å². The van der Waals surface area contributed by atoms with Gasteiger partial charge in [-0.1, -0.05) is 6.07 Å². The molecule has 2 rings (SSSR count). The van der Waals surface area contributed by atoms with Crippen molar-refractivity contribution in [1.82, 2.24) is 20.5 Å². The average molecular weight is 329 g/mol. The van der Waals surface area contributed by atoms with Gasteiger partial charge in [0.15, 0.2) is 5.96 Å². The number of likely N-dealkylation sites (tertiary alicyclic amines) is 1. The van der Waals surface area contributed by atoms with Gasteiger partial charge >= 0.3 is 6.18 Å². The summed E-state index contributed by atoms with van der Waals surface area (Å²) in [4.78, 5) is 9.82. The molecule has 23 heavy (non-hydrogen) atoms. The molecule has 1 aliphatic rings. The predicted molar refractivity (Wildman–Crippen MR) is 83.2 cm³/mol. The van der Waals surface area contributed by atoms with Crippen LogP contribution >= 0.6 is 0 Å². The average Bonchev–Trinajstić information content (AvgIpc) is 2.90. The number of nitrogens with one attached hydrogen (secondary N) is 2. The highest BCUT2D eigenvalue weighted by atomic mass is 19.4. The molecule has 0 aromatic carbocycles. The van der Waals surface area contributed by atoms with Gasteiger partial charge in [0.25, 0.3) is 0 Å². The van der Waals surface area contributed by atoms with E-state index in [2.05, 4.69) is 20.6 Å². The van der Waals surface area contributed by atoms with E-state index < -0.39 is 12.7 Å². The molecule has 1 unspecified atom stereocenters. The molecule has 1 atom stereocenters. The minimum absolute atomic E-state index is 0.0339. The maximum Gasteiger partial charge on any atom is 0.401 e. The minimum atomic E-state index is -4.15. The zero-order valence-electron chi connectivity index (χ0n) is 13.3. The molecule has 1 aromatic rings. The summed E-state index contributed by atoms with van der Waals surface area (Å²) >= 11 is 0. The summed E-state index contributed by atoms with van der Waals surface area (Å²) in [5.74, 6) is 0.578. The lowest BCUT2D eigenvalue weighted by atomic mass is 10.2. The number of alkyl halides is 3. The van der Waals surface area contributed by atoms with Crippen LogP contribution in [0.3, 0.4) is 0 Å². The van der Waals surface area contributed by atoms with Gasteiger partial charge in [-0.2, -0.15) is 13.2 Å².